The maximum atomic E-state index is 10.4. The Morgan fingerprint density at radius 3 is 1.12 bits per heavy atom. The molecule has 0 spiro atoms. The van der Waals surface area contributed by atoms with Gasteiger partial charge in [-0.25, -0.2) is 0 Å². The van der Waals surface area contributed by atoms with Crippen LogP contribution in [0.25, 0.3) is 0 Å². The molecule has 8 nitrogen and oxygen atoms in total. The van der Waals surface area contributed by atoms with Crippen molar-refractivity contribution in [1.82, 2.24) is 0 Å². The highest BCUT2D eigenvalue weighted by Crippen LogP contribution is 2.05. The van der Waals surface area contributed by atoms with Crippen LogP contribution in [0.1, 0.15) is 6.92 Å². The lowest BCUT2D eigenvalue weighted by Gasteiger charge is -1.92. The maximum Gasteiger partial charge on any atom is 0.294 e. The van der Waals surface area contributed by atoms with E-state index in [9.17, 15) is 16.8 Å². The Balaban J connectivity index is 0.000000368. The van der Waals surface area contributed by atoms with Crippen molar-refractivity contribution in [2.75, 3.05) is 6.61 Å². The molecule has 2 aromatic rings. The van der Waals surface area contributed by atoms with Crippen LogP contribution in [0.3, 0.4) is 0 Å². The smallest absolute Gasteiger partial charge is 0.294 e. The molecular weight excluding hydrogens is 372 g/mol. The predicted molar refractivity (Wildman–Crippen MR) is 91.3 cm³/mol. The summed E-state index contributed by atoms with van der Waals surface area (Å²) in [4.78, 5) is -0.148. The average molecular weight is 392 g/mol. The zero-order valence-electron chi connectivity index (χ0n) is 13.3. The molecule has 25 heavy (non-hydrogen) atoms. The molecular formula is C15H20O8S2. The van der Waals surface area contributed by atoms with E-state index in [1.807, 2.05) is 0 Å². The molecule has 0 aliphatic heterocycles. The molecule has 0 fully saturated rings. The van der Waals surface area contributed by atoms with Crippen LogP contribution in [-0.2, 0) is 20.2 Å². The van der Waals surface area contributed by atoms with Gasteiger partial charge in [0.2, 0.25) is 0 Å². The summed E-state index contributed by atoms with van der Waals surface area (Å²) >= 11 is 0. The lowest BCUT2D eigenvalue weighted by atomic mass is 10.4. The average Bonchev–Trinajstić information content (AvgIpc) is 2.56. The summed E-state index contributed by atoms with van der Waals surface area (Å²) in [6.45, 7) is 1.39. The summed E-state index contributed by atoms with van der Waals surface area (Å²) in [5.41, 5.74) is 0. The van der Waals surface area contributed by atoms with Crippen LogP contribution >= 0.6 is 0 Å². The zero-order valence-corrected chi connectivity index (χ0v) is 14.9. The second-order valence-electron chi connectivity index (χ2n) is 4.61. The van der Waals surface area contributed by atoms with Gasteiger partial charge in [0.05, 0.1) is 22.5 Å². The van der Waals surface area contributed by atoms with Gasteiger partial charge in [0.1, 0.15) is 0 Å². The van der Waals surface area contributed by atoms with Gasteiger partial charge in [0, 0.05) is 0 Å². The first-order valence-electron chi connectivity index (χ1n) is 6.82. The van der Waals surface area contributed by atoms with E-state index in [0.29, 0.717) is 0 Å². The van der Waals surface area contributed by atoms with Crippen molar-refractivity contribution >= 4 is 20.2 Å². The third-order valence-corrected chi connectivity index (χ3v) is 4.08. The fraction of sp³-hybridized carbons (Fsp3) is 0.200. The van der Waals surface area contributed by atoms with Crippen LogP contribution in [0.15, 0.2) is 70.5 Å². The Labute approximate surface area is 146 Å². The van der Waals surface area contributed by atoms with E-state index < -0.39 is 26.3 Å². The van der Waals surface area contributed by atoms with Gasteiger partial charge >= 0.3 is 0 Å². The molecule has 2 rings (SSSR count). The second-order valence-corrected chi connectivity index (χ2v) is 7.45. The normalized spacial score (nSPS) is 12.0. The van der Waals surface area contributed by atoms with Crippen LogP contribution < -0.4 is 0 Å². The zero-order chi connectivity index (χ0) is 19.5. The minimum atomic E-state index is -4.00. The molecule has 0 radical (unpaired) electrons. The van der Waals surface area contributed by atoms with Gasteiger partial charge < -0.3 is 10.2 Å². The summed E-state index contributed by atoms with van der Waals surface area (Å²) in [5, 5.41) is 16.0. The van der Waals surface area contributed by atoms with Gasteiger partial charge in [-0.2, -0.15) is 16.8 Å². The third-order valence-electron chi connectivity index (χ3n) is 2.35. The van der Waals surface area contributed by atoms with E-state index in [1.54, 1.807) is 36.4 Å². The maximum absolute atomic E-state index is 10.4. The fourth-order valence-electron chi connectivity index (χ4n) is 1.18. The molecule has 10 heteroatoms. The minimum Gasteiger partial charge on any atom is -0.394 e. The predicted octanol–water partition coefficient (Wildman–Crippen LogP) is 1.23. The molecule has 0 amide bonds. The molecule has 0 aromatic heterocycles. The molecule has 0 bridgehead atoms. The molecule has 0 saturated heterocycles. The molecule has 1 atom stereocenters. The monoisotopic (exact) mass is 392 g/mol. The molecule has 0 heterocycles. The number of aliphatic hydroxyl groups excluding tert-OH is 2. The Bertz CT molecular complexity index is 734. The van der Waals surface area contributed by atoms with Crippen molar-refractivity contribution in [1.29, 1.82) is 0 Å². The molecule has 4 N–H and O–H groups in total. The van der Waals surface area contributed by atoms with Crippen LogP contribution in [0.2, 0.25) is 0 Å². The molecule has 0 aliphatic carbocycles. The Morgan fingerprint density at radius 2 is 1.00 bits per heavy atom. The lowest BCUT2D eigenvalue weighted by Crippen LogP contribution is -2.03. The van der Waals surface area contributed by atoms with Crippen LogP contribution in [0, 0.1) is 0 Å². The summed E-state index contributed by atoms with van der Waals surface area (Å²) in [5.74, 6) is 0. The van der Waals surface area contributed by atoms with Gasteiger partial charge in [0.15, 0.2) is 0 Å². The molecule has 0 saturated carbocycles. The highest BCUT2D eigenvalue weighted by Gasteiger charge is 2.06. The van der Waals surface area contributed by atoms with Crippen molar-refractivity contribution in [3.05, 3.63) is 60.7 Å². The van der Waals surface area contributed by atoms with E-state index in [-0.39, 0.29) is 16.4 Å². The van der Waals surface area contributed by atoms with Crippen molar-refractivity contribution in [2.24, 2.45) is 0 Å². The quantitative estimate of drug-likeness (QED) is 0.570. The molecule has 2 aromatic carbocycles. The highest BCUT2D eigenvalue weighted by molar-refractivity contribution is 7.86. The third kappa shape index (κ3) is 11.4. The fourth-order valence-corrected chi connectivity index (χ4v) is 2.19. The molecule has 140 valence electrons. The molecule has 1 unspecified atom stereocenters. The van der Waals surface area contributed by atoms with E-state index in [0.717, 1.165) is 0 Å². The van der Waals surface area contributed by atoms with Gasteiger partial charge in [-0.15, -0.1) is 0 Å². The summed E-state index contributed by atoms with van der Waals surface area (Å²) in [7, 11) is -8.01. The first-order chi connectivity index (χ1) is 11.5. The van der Waals surface area contributed by atoms with Crippen LogP contribution in [0.5, 0.6) is 0 Å². The number of rotatable bonds is 3. The standard InChI is InChI=1S/2C6H6O3S.C3H8O2/c2*7-10(8,9)6-4-2-1-3-5-6;1-3(5)2-4/h2*1-5H,(H,7,8,9);3-5H,2H2,1H3. The first kappa shape index (κ1) is 23.2. The Kier molecular flexibility index (Phi) is 10.1. The number of hydrogen-bond donors (Lipinski definition) is 4. The summed E-state index contributed by atoms with van der Waals surface area (Å²) in [6.07, 6.45) is -0.560. The van der Waals surface area contributed by atoms with E-state index in [1.165, 1.54) is 31.2 Å². The molecule has 0 aliphatic rings. The topological polar surface area (TPSA) is 149 Å². The van der Waals surface area contributed by atoms with E-state index in [4.69, 9.17) is 19.3 Å². The lowest BCUT2D eigenvalue weighted by molar-refractivity contribution is 0.110. The van der Waals surface area contributed by atoms with Crippen LogP contribution in [-0.4, -0.2) is 48.9 Å². The SMILES string of the molecule is CC(O)CO.O=S(=O)(O)c1ccccc1.O=S(=O)(O)c1ccccc1. The van der Waals surface area contributed by atoms with Crippen molar-refractivity contribution in [3.63, 3.8) is 0 Å². The summed E-state index contributed by atoms with van der Waals surface area (Å²) in [6, 6.07) is 14.8. The van der Waals surface area contributed by atoms with Crippen molar-refractivity contribution < 1.29 is 36.2 Å². The number of hydrogen-bond acceptors (Lipinski definition) is 6. The van der Waals surface area contributed by atoms with Gasteiger partial charge in [-0.3, -0.25) is 9.11 Å². The minimum absolute atomic E-state index is 0.0741. The van der Waals surface area contributed by atoms with E-state index >= 15 is 0 Å². The number of benzene rings is 2. The van der Waals surface area contributed by atoms with Crippen LogP contribution in [0.4, 0.5) is 0 Å². The van der Waals surface area contributed by atoms with Crippen molar-refractivity contribution in [3.8, 4) is 0 Å². The van der Waals surface area contributed by atoms with Gasteiger partial charge in [-0.05, 0) is 31.2 Å². The highest BCUT2D eigenvalue weighted by atomic mass is 32.2. The Morgan fingerprint density at radius 1 is 0.760 bits per heavy atom. The largest absolute Gasteiger partial charge is 0.394 e. The number of aliphatic hydroxyl groups is 2. The van der Waals surface area contributed by atoms with Gasteiger partial charge in [-0.1, -0.05) is 36.4 Å². The van der Waals surface area contributed by atoms with Crippen molar-refractivity contribution in [2.45, 2.75) is 22.8 Å². The Hall–Kier alpha value is -1.82. The van der Waals surface area contributed by atoms with Gasteiger partial charge in [0.25, 0.3) is 20.2 Å². The first-order valence-corrected chi connectivity index (χ1v) is 9.70. The second kappa shape index (κ2) is 10.9. The summed E-state index contributed by atoms with van der Waals surface area (Å²) < 4.78 is 58.5. The van der Waals surface area contributed by atoms with E-state index in [2.05, 4.69) is 0 Å².